The largest absolute Gasteiger partial charge is 0.494 e. The van der Waals surface area contributed by atoms with Gasteiger partial charge in [0.05, 0.1) is 42.2 Å². The van der Waals surface area contributed by atoms with Gasteiger partial charge in [0, 0.05) is 17.3 Å². The highest BCUT2D eigenvalue weighted by Crippen LogP contribution is 2.30. The van der Waals surface area contributed by atoms with Crippen LogP contribution in [0.15, 0.2) is 47.4 Å². The normalized spacial score (nSPS) is 12.9. The molecule has 148 valence electrons. The molecule has 2 amide bonds. The number of hydrogen-bond acceptors (Lipinski definition) is 7. The fourth-order valence-corrected chi connectivity index (χ4v) is 3.51. The summed E-state index contributed by atoms with van der Waals surface area (Å²) < 4.78 is 5.41. The van der Waals surface area contributed by atoms with Gasteiger partial charge >= 0.3 is 0 Å². The molecule has 2 aromatic heterocycles. The molecular formula is C20H19N5O3S. The monoisotopic (exact) mass is 409 g/mol. The summed E-state index contributed by atoms with van der Waals surface area (Å²) in [6, 6.07) is 8.80. The van der Waals surface area contributed by atoms with Gasteiger partial charge in [-0.15, -0.1) is 11.3 Å². The van der Waals surface area contributed by atoms with Crippen LogP contribution in [0.4, 0.5) is 17.2 Å². The van der Waals surface area contributed by atoms with Gasteiger partial charge in [0.1, 0.15) is 5.75 Å². The molecular weight excluding hydrogens is 390 g/mol. The maximum Gasteiger partial charge on any atom is 0.257 e. The molecule has 3 heterocycles. The van der Waals surface area contributed by atoms with E-state index in [0.29, 0.717) is 35.9 Å². The molecule has 0 aliphatic carbocycles. The Hall–Kier alpha value is -3.46. The predicted octanol–water partition coefficient (Wildman–Crippen LogP) is 3.15. The number of benzene rings is 1. The van der Waals surface area contributed by atoms with Crippen molar-refractivity contribution in [1.29, 1.82) is 0 Å². The van der Waals surface area contributed by atoms with E-state index in [9.17, 15) is 9.59 Å². The number of anilines is 3. The molecule has 4 rings (SSSR count). The first-order valence-electron chi connectivity index (χ1n) is 9.09. The third-order valence-corrected chi connectivity index (χ3v) is 4.99. The van der Waals surface area contributed by atoms with Crippen molar-refractivity contribution in [3.05, 3.63) is 58.7 Å². The van der Waals surface area contributed by atoms with Crippen molar-refractivity contribution >= 4 is 40.3 Å². The number of ether oxygens (including phenoxy) is 1. The van der Waals surface area contributed by atoms with Crippen LogP contribution in [0.25, 0.3) is 0 Å². The Labute approximate surface area is 171 Å². The van der Waals surface area contributed by atoms with Gasteiger partial charge in [-0.3, -0.25) is 9.59 Å². The Kier molecular flexibility index (Phi) is 5.39. The Morgan fingerprint density at radius 2 is 2.14 bits per heavy atom. The van der Waals surface area contributed by atoms with E-state index < -0.39 is 0 Å². The average Bonchev–Trinajstić information content (AvgIpc) is 3.25. The number of hydrogen-bond donors (Lipinski definition) is 2. The van der Waals surface area contributed by atoms with Gasteiger partial charge in [-0.05, 0) is 37.3 Å². The second-order valence-corrected chi connectivity index (χ2v) is 7.04. The number of fused-ring (bicyclic) bond motifs is 1. The van der Waals surface area contributed by atoms with E-state index in [-0.39, 0.29) is 18.4 Å². The molecule has 0 radical (unpaired) electrons. The second-order valence-electron chi connectivity index (χ2n) is 6.32. The van der Waals surface area contributed by atoms with Gasteiger partial charge in [0.2, 0.25) is 5.91 Å². The van der Waals surface area contributed by atoms with Crippen molar-refractivity contribution in [3.8, 4) is 5.75 Å². The van der Waals surface area contributed by atoms with E-state index in [1.807, 2.05) is 12.3 Å². The first-order chi connectivity index (χ1) is 14.1. The van der Waals surface area contributed by atoms with E-state index >= 15 is 0 Å². The third kappa shape index (κ3) is 4.19. The molecule has 0 spiro atoms. The first-order valence-corrected chi connectivity index (χ1v) is 10.0. The fourth-order valence-electron chi connectivity index (χ4n) is 2.96. The Bertz CT molecular complexity index is 1020. The number of nitrogens with zero attached hydrogens (tertiary/aromatic N) is 3. The average molecular weight is 409 g/mol. The minimum absolute atomic E-state index is 0.101. The first kappa shape index (κ1) is 18.9. The number of carbonyl (C=O) groups excluding carboxylic acids is 2. The number of nitrogens with one attached hydrogen (secondary N) is 2. The lowest BCUT2D eigenvalue weighted by Gasteiger charge is -2.29. The topological polar surface area (TPSA) is 96.4 Å². The van der Waals surface area contributed by atoms with Crippen LogP contribution in [-0.2, 0) is 11.3 Å². The maximum atomic E-state index is 12.7. The molecule has 0 saturated carbocycles. The van der Waals surface area contributed by atoms with Crippen molar-refractivity contribution < 1.29 is 14.3 Å². The molecule has 0 fully saturated rings. The van der Waals surface area contributed by atoms with Gasteiger partial charge in [0.15, 0.2) is 5.82 Å². The van der Waals surface area contributed by atoms with Crippen molar-refractivity contribution in [2.45, 2.75) is 13.5 Å². The van der Waals surface area contributed by atoms with Crippen LogP contribution in [0.2, 0.25) is 0 Å². The van der Waals surface area contributed by atoms with Gasteiger partial charge in [-0.2, -0.15) is 0 Å². The lowest BCUT2D eigenvalue weighted by Crippen LogP contribution is -2.40. The summed E-state index contributed by atoms with van der Waals surface area (Å²) in [5.41, 5.74) is 4.08. The zero-order valence-electron chi connectivity index (χ0n) is 15.7. The number of amides is 2. The van der Waals surface area contributed by atoms with Crippen LogP contribution >= 0.6 is 11.3 Å². The minimum Gasteiger partial charge on any atom is -0.494 e. The van der Waals surface area contributed by atoms with E-state index in [2.05, 4.69) is 20.6 Å². The van der Waals surface area contributed by atoms with Crippen molar-refractivity contribution in [2.75, 3.05) is 28.7 Å². The fraction of sp³-hybridized carbons (Fsp3) is 0.200. The lowest BCUT2D eigenvalue weighted by atomic mass is 10.1. The lowest BCUT2D eigenvalue weighted by molar-refractivity contribution is -0.117. The molecule has 0 atom stereocenters. The molecule has 2 N–H and O–H groups in total. The number of rotatable bonds is 6. The van der Waals surface area contributed by atoms with Crippen LogP contribution in [0.3, 0.4) is 0 Å². The molecule has 9 heteroatoms. The summed E-state index contributed by atoms with van der Waals surface area (Å²) in [5.74, 6) is 0.896. The van der Waals surface area contributed by atoms with E-state index in [4.69, 9.17) is 4.74 Å². The van der Waals surface area contributed by atoms with Gasteiger partial charge in [-0.1, -0.05) is 0 Å². The van der Waals surface area contributed by atoms with E-state index in [0.717, 1.165) is 11.4 Å². The van der Waals surface area contributed by atoms with Crippen LogP contribution in [-0.4, -0.2) is 34.9 Å². The highest BCUT2D eigenvalue weighted by molar-refractivity contribution is 7.07. The van der Waals surface area contributed by atoms with E-state index in [1.54, 1.807) is 40.7 Å². The Morgan fingerprint density at radius 1 is 1.31 bits per heavy atom. The number of pyridine rings is 1. The van der Waals surface area contributed by atoms with Crippen molar-refractivity contribution in [3.63, 3.8) is 0 Å². The quantitative estimate of drug-likeness (QED) is 0.649. The van der Waals surface area contributed by atoms with E-state index in [1.165, 1.54) is 17.5 Å². The summed E-state index contributed by atoms with van der Waals surface area (Å²) in [5, 5.41) is 7.72. The third-order valence-electron chi connectivity index (χ3n) is 4.36. The Balaban J connectivity index is 1.55. The number of aromatic nitrogens is 2. The van der Waals surface area contributed by atoms with Crippen LogP contribution in [0, 0.1) is 0 Å². The SMILES string of the molecule is CCOc1ccc(NC(=O)c2cnc3c(c2)N(Cc2cscn2)C(=O)CN3)cc1. The molecule has 3 aromatic rings. The summed E-state index contributed by atoms with van der Waals surface area (Å²) in [6.45, 7) is 2.98. The molecule has 8 nitrogen and oxygen atoms in total. The highest BCUT2D eigenvalue weighted by Gasteiger charge is 2.26. The standard InChI is InChI=1S/C20H19N5O3S/c1-2-28-16-5-3-14(4-6-16)24-20(27)13-7-17-19(21-8-13)22-9-18(26)25(17)10-15-11-29-12-23-15/h3-8,11-12H,2,9-10H2,1H3,(H,21,22)(H,24,27). The smallest absolute Gasteiger partial charge is 0.257 e. The summed E-state index contributed by atoms with van der Waals surface area (Å²) >= 11 is 1.47. The summed E-state index contributed by atoms with van der Waals surface area (Å²) in [7, 11) is 0. The van der Waals surface area contributed by atoms with Crippen LogP contribution in [0.5, 0.6) is 5.75 Å². The van der Waals surface area contributed by atoms with Crippen molar-refractivity contribution in [2.24, 2.45) is 0 Å². The summed E-state index contributed by atoms with van der Waals surface area (Å²) in [4.78, 5) is 35.3. The van der Waals surface area contributed by atoms with Gasteiger partial charge in [-0.25, -0.2) is 9.97 Å². The van der Waals surface area contributed by atoms with Crippen LogP contribution < -0.4 is 20.3 Å². The zero-order valence-corrected chi connectivity index (χ0v) is 16.5. The molecule has 1 aliphatic rings. The Morgan fingerprint density at radius 3 is 2.86 bits per heavy atom. The number of carbonyl (C=O) groups is 2. The summed E-state index contributed by atoms with van der Waals surface area (Å²) in [6.07, 6.45) is 1.49. The molecule has 1 aromatic carbocycles. The minimum atomic E-state index is -0.309. The van der Waals surface area contributed by atoms with Gasteiger partial charge in [0.25, 0.3) is 5.91 Å². The highest BCUT2D eigenvalue weighted by atomic mass is 32.1. The van der Waals surface area contributed by atoms with Gasteiger partial charge < -0.3 is 20.3 Å². The van der Waals surface area contributed by atoms with Crippen LogP contribution in [0.1, 0.15) is 23.0 Å². The molecule has 0 saturated heterocycles. The zero-order chi connectivity index (χ0) is 20.2. The van der Waals surface area contributed by atoms with Crippen molar-refractivity contribution in [1.82, 2.24) is 9.97 Å². The molecule has 0 unspecified atom stereocenters. The number of thiazole rings is 1. The molecule has 1 aliphatic heterocycles. The molecule has 29 heavy (non-hydrogen) atoms. The predicted molar refractivity (Wildman–Crippen MR) is 112 cm³/mol. The maximum absolute atomic E-state index is 12.7. The second kappa shape index (κ2) is 8.27. The molecule has 0 bridgehead atoms.